The van der Waals surface area contributed by atoms with Crippen molar-refractivity contribution >= 4 is 23.2 Å². The van der Waals surface area contributed by atoms with Gasteiger partial charge < -0.3 is 4.90 Å². The Morgan fingerprint density at radius 2 is 1.77 bits per heavy atom. The van der Waals surface area contributed by atoms with E-state index in [2.05, 4.69) is 24.0 Å². The number of fused-ring (bicyclic) bond motifs is 3. The van der Waals surface area contributed by atoms with Gasteiger partial charge >= 0.3 is 0 Å². The molecule has 22 heavy (non-hydrogen) atoms. The van der Waals surface area contributed by atoms with Gasteiger partial charge in [-0.25, -0.2) is 9.89 Å². The van der Waals surface area contributed by atoms with Gasteiger partial charge in [-0.15, -0.1) is 0 Å². The summed E-state index contributed by atoms with van der Waals surface area (Å²) in [5.74, 6) is 0.860. The number of aliphatic imine (C=N–C) groups is 1. The second kappa shape index (κ2) is 4.98. The van der Waals surface area contributed by atoms with Gasteiger partial charge in [-0.1, -0.05) is 36.4 Å². The number of guanidine groups is 1. The van der Waals surface area contributed by atoms with E-state index in [1.54, 1.807) is 4.90 Å². The van der Waals surface area contributed by atoms with Gasteiger partial charge in [0.15, 0.2) is 0 Å². The number of carbonyl (C=O) groups is 1. The molecule has 0 aromatic heterocycles. The van der Waals surface area contributed by atoms with E-state index in [1.807, 2.05) is 42.5 Å². The molecule has 1 saturated heterocycles. The summed E-state index contributed by atoms with van der Waals surface area (Å²) >= 11 is 0. The van der Waals surface area contributed by atoms with E-state index in [1.165, 1.54) is 0 Å². The van der Waals surface area contributed by atoms with Crippen molar-refractivity contribution in [3.05, 3.63) is 60.2 Å². The lowest BCUT2D eigenvalue weighted by molar-refractivity contribution is -0.118. The van der Waals surface area contributed by atoms with Gasteiger partial charge in [0, 0.05) is 18.2 Å². The van der Waals surface area contributed by atoms with Crippen LogP contribution in [0.3, 0.4) is 0 Å². The Morgan fingerprint density at radius 1 is 1.05 bits per heavy atom. The second-order valence-electron chi connectivity index (χ2n) is 5.73. The second-order valence-corrected chi connectivity index (χ2v) is 5.73. The predicted octanol–water partition coefficient (Wildman–Crippen LogP) is 3.19. The van der Waals surface area contributed by atoms with Crippen LogP contribution in [0.2, 0.25) is 0 Å². The zero-order chi connectivity index (χ0) is 15.1. The Hall–Kier alpha value is -2.62. The monoisotopic (exact) mass is 291 g/mol. The Labute approximate surface area is 129 Å². The highest BCUT2D eigenvalue weighted by Gasteiger charge is 2.38. The number of amides is 1. The number of rotatable bonds is 1. The van der Waals surface area contributed by atoms with Gasteiger partial charge in [-0.05, 0) is 30.7 Å². The van der Waals surface area contributed by atoms with E-state index in [9.17, 15) is 4.79 Å². The summed E-state index contributed by atoms with van der Waals surface area (Å²) in [5.41, 5.74) is 3.14. The Kier molecular flexibility index (Phi) is 2.96. The number of nitrogens with zero attached hydrogens (tertiary/aromatic N) is 3. The molecular formula is C18H17N3O. The first-order chi connectivity index (χ1) is 10.8. The molecule has 0 N–H and O–H groups in total. The maximum Gasteiger partial charge on any atom is 0.235 e. The fourth-order valence-corrected chi connectivity index (χ4v) is 3.22. The van der Waals surface area contributed by atoms with Crippen molar-refractivity contribution < 1.29 is 4.79 Å². The molecule has 1 unspecified atom stereocenters. The first kappa shape index (κ1) is 13.1. The van der Waals surface area contributed by atoms with Crippen LogP contribution in [0.5, 0.6) is 0 Å². The summed E-state index contributed by atoms with van der Waals surface area (Å²) in [4.78, 5) is 21.2. The van der Waals surface area contributed by atoms with E-state index in [0.717, 1.165) is 22.9 Å². The molecular weight excluding hydrogens is 274 g/mol. The average molecular weight is 291 g/mol. The quantitative estimate of drug-likeness (QED) is 0.809. The minimum Gasteiger partial charge on any atom is -0.309 e. The lowest BCUT2D eigenvalue weighted by Crippen LogP contribution is -2.58. The number of benzene rings is 2. The smallest absolute Gasteiger partial charge is 0.235 e. The maximum atomic E-state index is 12.6. The van der Waals surface area contributed by atoms with Crippen LogP contribution in [0.15, 0.2) is 59.6 Å². The molecule has 1 fully saturated rings. The van der Waals surface area contributed by atoms with Crippen molar-refractivity contribution in [1.29, 1.82) is 0 Å². The molecule has 2 aliphatic rings. The molecule has 1 atom stereocenters. The van der Waals surface area contributed by atoms with Crippen LogP contribution in [-0.2, 0) is 11.3 Å². The third kappa shape index (κ3) is 1.91. The summed E-state index contributed by atoms with van der Waals surface area (Å²) in [6.45, 7) is 2.69. The molecule has 0 aliphatic carbocycles. The first-order valence-corrected chi connectivity index (χ1v) is 7.55. The molecule has 0 radical (unpaired) electrons. The molecule has 4 nitrogen and oxygen atoms in total. The third-order valence-corrected chi connectivity index (χ3v) is 4.23. The summed E-state index contributed by atoms with van der Waals surface area (Å²) in [6, 6.07) is 18.3. The summed E-state index contributed by atoms with van der Waals surface area (Å²) in [6.07, 6.45) is 0.488. The lowest BCUT2D eigenvalue weighted by Gasteiger charge is -2.43. The van der Waals surface area contributed by atoms with Gasteiger partial charge in [0.2, 0.25) is 11.9 Å². The third-order valence-electron chi connectivity index (χ3n) is 4.23. The van der Waals surface area contributed by atoms with Crippen molar-refractivity contribution in [2.45, 2.75) is 25.9 Å². The molecule has 110 valence electrons. The van der Waals surface area contributed by atoms with Crippen LogP contribution in [0.25, 0.3) is 0 Å². The molecule has 0 spiro atoms. The van der Waals surface area contributed by atoms with Gasteiger partial charge in [0.1, 0.15) is 0 Å². The lowest BCUT2D eigenvalue weighted by atomic mass is 10.0. The normalized spacial score (nSPS) is 20.3. The zero-order valence-electron chi connectivity index (χ0n) is 12.4. The fourth-order valence-electron chi connectivity index (χ4n) is 3.22. The van der Waals surface area contributed by atoms with Gasteiger partial charge in [-0.3, -0.25) is 4.79 Å². The van der Waals surface area contributed by atoms with Crippen molar-refractivity contribution in [3.63, 3.8) is 0 Å². The molecule has 0 bridgehead atoms. The highest BCUT2D eigenvalue weighted by atomic mass is 16.2. The average Bonchev–Trinajstić information content (AvgIpc) is 2.55. The minimum absolute atomic E-state index is 0.107. The SMILES string of the molecule is CC1CC(=O)N2C(=NCc3ccccc32)N1c1ccccc1. The highest BCUT2D eigenvalue weighted by molar-refractivity contribution is 6.24. The van der Waals surface area contributed by atoms with Crippen molar-refractivity contribution in [2.75, 3.05) is 9.80 Å². The van der Waals surface area contributed by atoms with Crippen molar-refractivity contribution in [3.8, 4) is 0 Å². The summed E-state index contributed by atoms with van der Waals surface area (Å²) in [7, 11) is 0. The fraction of sp³-hybridized carbons (Fsp3) is 0.222. The molecule has 2 aromatic rings. The van der Waals surface area contributed by atoms with Crippen LogP contribution in [0, 0.1) is 0 Å². The number of anilines is 2. The van der Waals surface area contributed by atoms with Crippen LogP contribution < -0.4 is 9.80 Å². The van der Waals surface area contributed by atoms with E-state index in [-0.39, 0.29) is 11.9 Å². The van der Waals surface area contributed by atoms with E-state index in [4.69, 9.17) is 4.99 Å². The van der Waals surface area contributed by atoms with Gasteiger partial charge in [0.25, 0.3) is 0 Å². The number of carbonyl (C=O) groups excluding carboxylic acids is 1. The summed E-state index contributed by atoms with van der Waals surface area (Å²) < 4.78 is 0. The molecule has 4 heteroatoms. The van der Waals surface area contributed by atoms with E-state index >= 15 is 0 Å². The van der Waals surface area contributed by atoms with Crippen molar-refractivity contribution in [2.24, 2.45) is 4.99 Å². The zero-order valence-corrected chi connectivity index (χ0v) is 12.4. The number of hydrogen-bond acceptors (Lipinski definition) is 3. The van der Waals surface area contributed by atoms with Crippen LogP contribution in [-0.4, -0.2) is 17.9 Å². The molecule has 0 saturated carbocycles. The molecule has 2 aromatic carbocycles. The largest absolute Gasteiger partial charge is 0.309 e. The van der Waals surface area contributed by atoms with Crippen molar-refractivity contribution in [1.82, 2.24) is 0 Å². The number of hydrogen-bond donors (Lipinski definition) is 0. The highest BCUT2D eigenvalue weighted by Crippen LogP contribution is 2.33. The molecule has 1 amide bonds. The number of para-hydroxylation sites is 2. The maximum absolute atomic E-state index is 12.6. The van der Waals surface area contributed by atoms with E-state index in [0.29, 0.717) is 13.0 Å². The van der Waals surface area contributed by atoms with E-state index < -0.39 is 0 Å². The Bertz CT molecular complexity index is 754. The summed E-state index contributed by atoms with van der Waals surface area (Å²) in [5, 5.41) is 0. The van der Waals surface area contributed by atoms with Crippen LogP contribution in [0.4, 0.5) is 11.4 Å². The van der Waals surface area contributed by atoms with Gasteiger partial charge in [0.05, 0.1) is 12.2 Å². The Balaban J connectivity index is 1.83. The van der Waals surface area contributed by atoms with Crippen LogP contribution >= 0.6 is 0 Å². The topological polar surface area (TPSA) is 35.9 Å². The minimum atomic E-state index is 0.107. The Morgan fingerprint density at radius 3 is 2.59 bits per heavy atom. The first-order valence-electron chi connectivity index (χ1n) is 7.55. The molecule has 2 aliphatic heterocycles. The standard InChI is InChI=1S/C18H17N3O/c1-13-11-17(22)21-16-10-6-5-7-14(16)12-19-18(21)20(13)15-8-3-2-4-9-15/h2-10,13H,11-12H2,1H3. The van der Waals surface area contributed by atoms with Crippen LogP contribution in [0.1, 0.15) is 18.9 Å². The predicted molar refractivity (Wildman–Crippen MR) is 88.1 cm³/mol. The molecule has 4 rings (SSSR count). The van der Waals surface area contributed by atoms with Gasteiger partial charge in [-0.2, -0.15) is 0 Å². The molecule has 2 heterocycles.